The molecule has 130 valence electrons. The predicted molar refractivity (Wildman–Crippen MR) is 99.7 cm³/mol. The summed E-state index contributed by atoms with van der Waals surface area (Å²) >= 11 is 1.43. The molecule has 0 saturated carbocycles. The van der Waals surface area contributed by atoms with Crippen molar-refractivity contribution in [2.75, 3.05) is 23.9 Å². The third-order valence-corrected chi connectivity index (χ3v) is 4.30. The predicted octanol–water partition coefficient (Wildman–Crippen LogP) is 3.57. The molecule has 0 aliphatic carbocycles. The number of hydrogen-bond acceptors (Lipinski definition) is 7. The minimum atomic E-state index is 0.0377. The highest BCUT2D eigenvalue weighted by Crippen LogP contribution is 2.21. The van der Waals surface area contributed by atoms with E-state index in [0.29, 0.717) is 23.6 Å². The van der Waals surface area contributed by atoms with Crippen molar-refractivity contribution in [1.82, 2.24) is 15.0 Å². The van der Waals surface area contributed by atoms with Gasteiger partial charge in [-0.2, -0.15) is 15.0 Å². The molecule has 2 atom stereocenters. The third kappa shape index (κ3) is 5.26. The summed E-state index contributed by atoms with van der Waals surface area (Å²) in [6.07, 6.45) is 3.03. The van der Waals surface area contributed by atoms with Gasteiger partial charge in [-0.25, -0.2) is 0 Å². The van der Waals surface area contributed by atoms with E-state index in [1.54, 1.807) is 0 Å². The second kappa shape index (κ2) is 8.73. The molecule has 2 unspecified atom stereocenters. The van der Waals surface area contributed by atoms with Crippen molar-refractivity contribution in [1.29, 1.82) is 0 Å². The van der Waals surface area contributed by atoms with E-state index >= 15 is 0 Å². The molecule has 1 aromatic carbocycles. The first kappa shape index (κ1) is 18.3. The van der Waals surface area contributed by atoms with E-state index in [2.05, 4.69) is 46.2 Å². The number of nitrogens with one attached hydrogen (secondary N) is 1. The van der Waals surface area contributed by atoms with Gasteiger partial charge in [-0.15, -0.1) is 0 Å². The van der Waals surface area contributed by atoms with E-state index in [4.69, 9.17) is 10.5 Å². The van der Waals surface area contributed by atoms with Crippen LogP contribution < -0.4 is 15.8 Å². The molecule has 0 amide bonds. The Morgan fingerprint density at radius 2 is 1.88 bits per heavy atom. The van der Waals surface area contributed by atoms with Crippen LogP contribution in [0.25, 0.3) is 0 Å². The second-order valence-electron chi connectivity index (χ2n) is 5.74. The van der Waals surface area contributed by atoms with Gasteiger partial charge in [0, 0.05) is 0 Å². The lowest BCUT2D eigenvalue weighted by atomic mass is 9.99. The molecule has 0 fully saturated rings. The molecule has 0 spiro atoms. The van der Waals surface area contributed by atoms with Gasteiger partial charge in [0.1, 0.15) is 12.4 Å². The van der Waals surface area contributed by atoms with Crippen LogP contribution in [0.3, 0.4) is 0 Å². The van der Waals surface area contributed by atoms with Crippen LogP contribution in [-0.4, -0.2) is 33.9 Å². The van der Waals surface area contributed by atoms with Gasteiger partial charge < -0.3 is 15.8 Å². The molecule has 2 aromatic rings. The number of ether oxygens (including phenoxy) is 1. The highest BCUT2D eigenvalue weighted by atomic mass is 32.2. The van der Waals surface area contributed by atoms with E-state index < -0.39 is 0 Å². The van der Waals surface area contributed by atoms with Gasteiger partial charge in [0.15, 0.2) is 5.16 Å². The summed E-state index contributed by atoms with van der Waals surface area (Å²) in [6.45, 7) is 6.93. The van der Waals surface area contributed by atoms with Crippen LogP contribution in [0.5, 0.6) is 5.75 Å². The summed E-state index contributed by atoms with van der Waals surface area (Å²) in [7, 11) is 0. The number of nitrogens with two attached hydrogens (primary N) is 1. The Labute approximate surface area is 147 Å². The largest absolute Gasteiger partial charge is 0.491 e. The fraction of sp³-hybridized carbons (Fsp3) is 0.471. The number of rotatable bonds is 8. The number of thioether (sulfide) groups is 1. The van der Waals surface area contributed by atoms with Crippen LogP contribution in [0.1, 0.15) is 38.7 Å². The van der Waals surface area contributed by atoms with Crippen LogP contribution >= 0.6 is 11.8 Å². The molecular formula is C17H25N5OS. The summed E-state index contributed by atoms with van der Waals surface area (Å²) in [4.78, 5) is 12.4. The first-order valence-corrected chi connectivity index (χ1v) is 9.29. The molecule has 6 nitrogen and oxygen atoms in total. The molecule has 0 bridgehead atoms. The van der Waals surface area contributed by atoms with Crippen LogP contribution in [0.15, 0.2) is 29.4 Å². The number of hydrogen-bond donors (Lipinski definition) is 2. The molecule has 3 N–H and O–H groups in total. The van der Waals surface area contributed by atoms with Crippen LogP contribution in [0, 0.1) is 0 Å². The zero-order chi connectivity index (χ0) is 17.5. The average Bonchev–Trinajstić information content (AvgIpc) is 2.59. The minimum absolute atomic E-state index is 0.0377. The molecule has 1 heterocycles. The number of aromatic nitrogens is 3. The van der Waals surface area contributed by atoms with Crippen LogP contribution in [0.4, 0.5) is 11.9 Å². The van der Waals surface area contributed by atoms with Crippen molar-refractivity contribution in [2.45, 2.75) is 44.3 Å². The summed E-state index contributed by atoms with van der Waals surface area (Å²) in [6, 6.07) is 8.32. The SMILES string of the molecule is CCC(C)c1ccc(OCC(C)Nc2nc(N)nc(SC)n2)cc1. The van der Waals surface area contributed by atoms with Crippen molar-refractivity contribution in [3.63, 3.8) is 0 Å². The molecule has 2 rings (SSSR count). The molecule has 0 saturated heterocycles. The Morgan fingerprint density at radius 1 is 1.17 bits per heavy atom. The highest BCUT2D eigenvalue weighted by Gasteiger charge is 2.09. The third-order valence-electron chi connectivity index (χ3n) is 3.75. The summed E-state index contributed by atoms with van der Waals surface area (Å²) in [5.74, 6) is 2.11. The highest BCUT2D eigenvalue weighted by molar-refractivity contribution is 7.98. The maximum absolute atomic E-state index is 5.83. The van der Waals surface area contributed by atoms with Gasteiger partial charge in [-0.1, -0.05) is 37.7 Å². The Kier molecular flexibility index (Phi) is 6.66. The lowest BCUT2D eigenvalue weighted by Gasteiger charge is -2.16. The zero-order valence-corrected chi connectivity index (χ0v) is 15.4. The van der Waals surface area contributed by atoms with Crippen LogP contribution in [-0.2, 0) is 0 Å². The standard InChI is InChI=1S/C17H25N5OS/c1-5-11(2)13-6-8-14(9-7-13)23-10-12(3)19-16-20-15(18)21-17(22-16)24-4/h6-9,11-12H,5,10H2,1-4H3,(H3,18,19,20,21,22). The average molecular weight is 347 g/mol. The molecule has 0 aliphatic rings. The van der Waals surface area contributed by atoms with Gasteiger partial charge in [-0.3, -0.25) is 0 Å². The lowest BCUT2D eigenvalue weighted by Crippen LogP contribution is -2.25. The van der Waals surface area contributed by atoms with E-state index in [0.717, 1.165) is 12.2 Å². The first-order valence-electron chi connectivity index (χ1n) is 8.06. The smallest absolute Gasteiger partial charge is 0.228 e. The van der Waals surface area contributed by atoms with E-state index in [9.17, 15) is 0 Å². The van der Waals surface area contributed by atoms with Gasteiger partial charge in [-0.05, 0) is 43.2 Å². The Hall–Kier alpha value is -2.02. The first-order chi connectivity index (χ1) is 11.5. The second-order valence-corrected chi connectivity index (χ2v) is 6.51. The van der Waals surface area contributed by atoms with E-state index in [1.165, 1.54) is 17.3 Å². The molecular weight excluding hydrogens is 322 g/mol. The van der Waals surface area contributed by atoms with Gasteiger partial charge >= 0.3 is 0 Å². The molecule has 0 radical (unpaired) electrons. The lowest BCUT2D eigenvalue weighted by molar-refractivity contribution is 0.303. The number of benzene rings is 1. The van der Waals surface area contributed by atoms with Crippen molar-refractivity contribution in [2.24, 2.45) is 0 Å². The summed E-state index contributed by atoms with van der Waals surface area (Å²) in [5.41, 5.74) is 7.01. The maximum atomic E-state index is 5.83. The quantitative estimate of drug-likeness (QED) is 0.706. The Bertz CT molecular complexity index is 650. The molecule has 7 heteroatoms. The minimum Gasteiger partial charge on any atom is -0.491 e. The Morgan fingerprint density at radius 3 is 2.50 bits per heavy atom. The van der Waals surface area contributed by atoms with Crippen LogP contribution in [0.2, 0.25) is 0 Å². The molecule has 1 aromatic heterocycles. The number of anilines is 2. The summed E-state index contributed by atoms with van der Waals surface area (Å²) in [5, 5.41) is 3.78. The normalized spacial score (nSPS) is 13.3. The fourth-order valence-electron chi connectivity index (χ4n) is 2.14. The van der Waals surface area contributed by atoms with Gasteiger partial charge in [0.25, 0.3) is 0 Å². The van der Waals surface area contributed by atoms with E-state index in [1.807, 2.05) is 25.3 Å². The molecule has 24 heavy (non-hydrogen) atoms. The van der Waals surface area contributed by atoms with Crippen molar-refractivity contribution in [3.05, 3.63) is 29.8 Å². The van der Waals surface area contributed by atoms with E-state index in [-0.39, 0.29) is 12.0 Å². The van der Waals surface area contributed by atoms with Crippen molar-refractivity contribution >= 4 is 23.7 Å². The topological polar surface area (TPSA) is 86.0 Å². The Balaban J connectivity index is 1.89. The maximum Gasteiger partial charge on any atom is 0.228 e. The van der Waals surface area contributed by atoms with Crippen molar-refractivity contribution in [3.8, 4) is 5.75 Å². The van der Waals surface area contributed by atoms with Crippen molar-refractivity contribution < 1.29 is 4.74 Å². The summed E-state index contributed by atoms with van der Waals surface area (Å²) < 4.78 is 5.83. The molecule has 0 aliphatic heterocycles. The monoisotopic (exact) mass is 347 g/mol. The number of nitrogens with zero attached hydrogens (tertiary/aromatic N) is 3. The fourth-order valence-corrected chi connectivity index (χ4v) is 2.50. The number of nitrogen functional groups attached to an aromatic ring is 1. The van der Waals surface area contributed by atoms with Gasteiger partial charge in [0.2, 0.25) is 11.9 Å². The van der Waals surface area contributed by atoms with Gasteiger partial charge in [0.05, 0.1) is 6.04 Å². The zero-order valence-electron chi connectivity index (χ0n) is 14.6.